The maximum atomic E-state index is 12.5. The van der Waals surface area contributed by atoms with Gasteiger partial charge in [-0.1, -0.05) is 6.42 Å². The Kier molecular flexibility index (Phi) is 5.52. The summed E-state index contributed by atoms with van der Waals surface area (Å²) < 4.78 is 12.7. The summed E-state index contributed by atoms with van der Waals surface area (Å²) in [4.78, 5) is 24.9. The molecule has 2 fully saturated rings. The van der Waals surface area contributed by atoms with Gasteiger partial charge in [0, 0.05) is 17.4 Å². The van der Waals surface area contributed by atoms with Crippen LogP contribution >= 0.6 is 0 Å². The maximum Gasteiger partial charge on any atom is 0.340 e. The molecule has 1 N–H and O–H groups in total. The predicted octanol–water partition coefficient (Wildman–Crippen LogP) is 3.84. The largest absolute Gasteiger partial charge is 0.467 e. The van der Waals surface area contributed by atoms with Gasteiger partial charge in [0.2, 0.25) is 0 Å². The van der Waals surface area contributed by atoms with Gasteiger partial charge in [0.15, 0.2) is 6.61 Å². The van der Waals surface area contributed by atoms with Crippen molar-refractivity contribution >= 4 is 11.9 Å². The van der Waals surface area contributed by atoms with Gasteiger partial charge < -0.3 is 19.0 Å². The second-order valence-corrected chi connectivity index (χ2v) is 8.72. The van der Waals surface area contributed by atoms with E-state index in [0.717, 1.165) is 29.0 Å². The summed E-state index contributed by atoms with van der Waals surface area (Å²) in [6.45, 7) is 6.21. The first-order chi connectivity index (χ1) is 13.9. The van der Waals surface area contributed by atoms with Gasteiger partial charge in [-0.05, 0) is 76.0 Å². The van der Waals surface area contributed by atoms with E-state index in [1.54, 1.807) is 12.3 Å². The number of carbonyl (C=O) groups excluding carboxylic acids is 2. The topological polar surface area (TPSA) is 73.5 Å². The Hall–Kier alpha value is -2.50. The highest BCUT2D eigenvalue weighted by atomic mass is 16.5. The van der Waals surface area contributed by atoms with Crippen molar-refractivity contribution in [3.05, 3.63) is 47.2 Å². The number of aromatic nitrogens is 1. The van der Waals surface area contributed by atoms with Gasteiger partial charge in [-0.25, -0.2) is 4.79 Å². The van der Waals surface area contributed by atoms with Crippen molar-refractivity contribution < 1.29 is 18.7 Å². The molecule has 29 heavy (non-hydrogen) atoms. The summed E-state index contributed by atoms with van der Waals surface area (Å²) in [7, 11) is 0. The fourth-order valence-corrected chi connectivity index (χ4v) is 5.33. The Bertz CT molecular complexity index is 883. The van der Waals surface area contributed by atoms with Crippen molar-refractivity contribution in [3.63, 3.8) is 0 Å². The molecular formula is C23H30N2O4. The number of rotatable bonds is 7. The predicted molar refractivity (Wildman–Crippen MR) is 109 cm³/mol. The molecule has 2 aromatic heterocycles. The van der Waals surface area contributed by atoms with Crippen LogP contribution in [0, 0.1) is 31.6 Å². The van der Waals surface area contributed by atoms with E-state index in [1.165, 1.54) is 25.7 Å². The molecule has 6 nitrogen and oxygen atoms in total. The van der Waals surface area contributed by atoms with Gasteiger partial charge in [-0.15, -0.1) is 0 Å². The first kappa shape index (κ1) is 19.8. The molecule has 2 aliphatic rings. The van der Waals surface area contributed by atoms with Crippen molar-refractivity contribution in [1.29, 1.82) is 0 Å². The van der Waals surface area contributed by atoms with Crippen molar-refractivity contribution in [2.45, 2.75) is 59.0 Å². The molecule has 0 unspecified atom stereocenters. The van der Waals surface area contributed by atoms with E-state index < -0.39 is 5.97 Å². The van der Waals surface area contributed by atoms with Crippen LogP contribution in [0.1, 0.15) is 60.1 Å². The smallest absolute Gasteiger partial charge is 0.340 e. The minimum absolute atomic E-state index is 0.134. The van der Waals surface area contributed by atoms with Crippen LogP contribution in [-0.2, 0) is 16.1 Å². The number of hydrogen-bond acceptors (Lipinski definition) is 4. The van der Waals surface area contributed by atoms with Crippen LogP contribution in [0.5, 0.6) is 0 Å². The molecule has 2 bridgehead atoms. The summed E-state index contributed by atoms with van der Waals surface area (Å²) >= 11 is 0. The van der Waals surface area contributed by atoms with Crippen LogP contribution < -0.4 is 5.32 Å². The second kappa shape index (κ2) is 8.09. The molecule has 4 atom stereocenters. The average Bonchev–Trinajstić information content (AvgIpc) is 3.48. The number of amides is 1. The van der Waals surface area contributed by atoms with Crippen LogP contribution in [0.3, 0.4) is 0 Å². The monoisotopic (exact) mass is 398 g/mol. The number of aryl methyl sites for hydroxylation is 1. The molecule has 1 amide bonds. The molecule has 0 spiro atoms. The van der Waals surface area contributed by atoms with E-state index in [-0.39, 0.29) is 18.6 Å². The fourth-order valence-electron chi connectivity index (χ4n) is 5.33. The molecule has 0 saturated heterocycles. The zero-order valence-electron chi connectivity index (χ0n) is 17.4. The summed E-state index contributed by atoms with van der Waals surface area (Å²) in [5.74, 6) is 2.29. The van der Waals surface area contributed by atoms with E-state index in [2.05, 4.69) is 12.2 Å². The standard InChI is InChI=1S/C23H30N2O4/c1-14-9-21(16(3)25(14)12-19-5-4-8-28-19)23(27)29-13-22(26)24-15(2)20-11-17-6-7-18(20)10-17/h4-5,8-9,15,17-18,20H,6-7,10-13H2,1-3H3,(H,24,26)/t15-,17+,18+,20+/m1/s1. The van der Waals surface area contributed by atoms with E-state index in [0.29, 0.717) is 18.0 Å². The van der Waals surface area contributed by atoms with Crippen molar-refractivity contribution in [1.82, 2.24) is 9.88 Å². The molecule has 2 aliphatic carbocycles. The Morgan fingerprint density at radius 3 is 2.79 bits per heavy atom. The summed E-state index contributed by atoms with van der Waals surface area (Å²) in [5.41, 5.74) is 2.24. The molecule has 6 heteroatoms. The number of carbonyl (C=O) groups is 2. The molecule has 156 valence electrons. The highest BCUT2D eigenvalue weighted by Gasteiger charge is 2.42. The first-order valence-electron chi connectivity index (χ1n) is 10.6. The number of furan rings is 1. The number of hydrogen-bond donors (Lipinski definition) is 1. The Morgan fingerprint density at radius 1 is 1.31 bits per heavy atom. The number of fused-ring (bicyclic) bond motifs is 2. The Balaban J connectivity index is 1.31. The van der Waals surface area contributed by atoms with Crippen molar-refractivity contribution in [2.24, 2.45) is 17.8 Å². The highest BCUT2D eigenvalue weighted by molar-refractivity contribution is 5.92. The molecule has 2 aromatic rings. The van der Waals surface area contributed by atoms with Gasteiger partial charge in [-0.2, -0.15) is 0 Å². The van der Waals surface area contributed by atoms with E-state index in [4.69, 9.17) is 9.15 Å². The summed E-state index contributed by atoms with van der Waals surface area (Å²) in [6, 6.07) is 5.68. The maximum absolute atomic E-state index is 12.5. The SMILES string of the molecule is Cc1cc(C(=O)OCC(=O)N[C@H](C)[C@@H]2C[C@H]3CC[C@H]2C3)c(C)n1Cc1ccco1. The number of nitrogens with zero attached hydrogens (tertiary/aromatic N) is 1. The lowest BCUT2D eigenvalue weighted by Crippen LogP contribution is -2.42. The molecule has 0 aromatic carbocycles. The lowest BCUT2D eigenvalue weighted by atomic mass is 9.84. The lowest BCUT2D eigenvalue weighted by molar-refractivity contribution is -0.125. The van der Waals surface area contributed by atoms with Crippen LogP contribution in [0.2, 0.25) is 0 Å². The molecule has 4 rings (SSSR count). The Morgan fingerprint density at radius 2 is 2.14 bits per heavy atom. The van der Waals surface area contributed by atoms with Gasteiger partial charge >= 0.3 is 5.97 Å². The van der Waals surface area contributed by atoms with Gasteiger partial charge in [0.25, 0.3) is 5.91 Å². The summed E-state index contributed by atoms with van der Waals surface area (Å²) in [6.07, 6.45) is 6.80. The quantitative estimate of drug-likeness (QED) is 0.719. The molecule has 2 saturated carbocycles. The van der Waals surface area contributed by atoms with Crippen LogP contribution in [0.4, 0.5) is 0 Å². The number of nitrogens with one attached hydrogen (secondary N) is 1. The van der Waals surface area contributed by atoms with Gasteiger partial charge in [-0.3, -0.25) is 4.79 Å². The summed E-state index contributed by atoms with van der Waals surface area (Å²) in [5, 5.41) is 3.04. The zero-order valence-corrected chi connectivity index (χ0v) is 17.4. The molecule has 0 radical (unpaired) electrons. The Labute approximate surface area is 171 Å². The van der Waals surface area contributed by atoms with Crippen LogP contribution in [-0.4, -0.2) is 29.1 Å². The third kappa shape index (κ3) is 4.11. The van der Waals surface area contributed by atoms with Gasteiger partial charge in [0.1, 0.15) is 5.76 Å². The van der Waals surface area contributed by atoms with Crippen molar-refractivity contribution in [3.8, 4) is 0 Å². The normalized spacial score (nSPS) is 23.9. The molecule has 0 aliphatic heterocycles. The highest BCUT2D eigenvalue weighted by Crippen LogP contribution is 2.49. The first-order valence-corrected chi connectivity index (χ1v) is 10.6. The van der Waals surface area contributed by atoms with E-state index in [9.17, 15) is 9.59 Å². The third-order valence-electron chi connectivity index (χ3n) is 6.85. The average molecular weight is 399 g/mol. The van der Waals surface area contributed by atoms with E-state index >= 15 is 0 Å². The second-order valence-electron chi connectivity index (χ2n) is 8.72. The van der Waals surface area contributed by atoms with Crippen LogP contribution in [0.15, 0.2) is 28.9 Å². The fraction of sp³-hybridized carbons (Fsp3) is 0.565. The minimum atomic E-state index is -0.466. The lowest BCUT2D eigenvalue weighted by Gasteiger charge is -2.28. The number of ether oxygens (including phenoxy) is 1. The number of esters is 1. The van der Waals surface area contributed by atoms with Crippen LogP contribution in [0.25, 0.3) is 0 Å². The zero-order chi connectivity index (χ0) is 20.5. The molecular weight excluding hydrogens is 368 g/mol. The molecule has 2 heterocycles. The van der Waals surface area contributed by atoms with Gasteiger partial charge in [0.05, 0.1) is 18.4 Å². The third-order valence-corrected chi connectivity index (χ3v) is 6.85. The van der Waals surface area contributed by atoms with E-state index in [1.807, 2.05) is 30.5 Å². The van der Waals surface area contributed by atoms with Crippen molar-refractivity contribution in [2.75, 3.05) is 6.61 Å². The minimum Gasteiger partial charge on any atom is -0.467 e.